The molecule has 11 nitrogen and oxygen atoms in total. The summed E-state index contributed by atoms with van der Waals surface area (Å²) in [6.07, 6.45) is 2.83. The summed E-state index contributed by atoms with van der Waals surface area (Å²) in [5.74, 6) is -2.06. The predicted octanol–water partition coefficient (Wildman–Crippen LogP) is 4.32. The lowest BCUT2D eigenvalue weighted by atomic mass is 10.0. The summed E-state index contributed by atoms with van der Waals surface area (Å²) in [5.41, 5.74) is 0.638. The molecule has 0 aliphatic carbocycles. The molecule has 6 rings (SSSR count). The van der Waals surface area contributed by atoms with E-state index < -0.39 is 35.2 Å². The lowest BCUT2D eigenvalue weighted by molar-refractivity contribution is -0.128. The average Bonchev–Trinajstić information content (AvgIpc) is 3.10. The largest absolute Gasteiger partial charge is 0.507 e. The van der Waals surface area contributed by atoms with Crippen LogP contribution in [0.1, 0.15) is 37.9 Å². The molecule has 1 aromatic carbocycles. The topological polar surface area (TPSA) is 134 Å². The average molecular weight is 618 g/mol. The molecule has 1 saturated heterocycles. The monoisotopic (exact) mass is 617 g/mol. The highest BCUT2D eigenvalue weighted by Gasteiger charge is 2.43. The third kappa shape index (κ3) is 4.39. The number of benzene rings is 1. The Morgan fingerprint density at radius 1 is 1.23 bits per heavy atom. The Morgan fingerprint density at radius 2 is 1.98 bits per heavy atom. The Morgan fingerprint density at radius 3 is 2.66 bits per heavy atom. The van der Waals surface area contributed by atoms with Gasteiger partial charge in [0.05, 0.1) is 39.6 Å². The number of aryl methyl sites for hydroxylation is 1. The van der Waals surface area contributed by atoms with Gasteiger partial charge in [-0.05, 0) is 49.6 Å². The van der Waals surface area contributed by atoms with Crippen LogP contribution in [0, 0.1) is 12.7 Å². The van der Waals surface area contributed by atoms with Crippen molar-refractivity contribution in [3.63, 3.8) is 0 Å². The van der Waals surface area contributed by atoms with Crippen LogP contribution in [0.15, 0.2) is 47.9 Å². The van der Waals surface area contributed by atoms with Gasteiger partial charge in [0.2, 0.25) is 11.8 Å². The standard InChI is InChI=1S/C31H29ClFN7O4/c1-6-20(42)38-12-16(5)39-18(13-38)30(43)36-26-22-28(35-25(23(26)32)21-17(33)8-7-9-19(21)41)40(31(44)37-29(22)39)27-15(4)10-11-34-24(27)14(2)3/h6-11,14,16,18,41H,1,12-13H2,2-5H3,(H,36,43). The number of pyridine rings is 2. The number of amides is 2. The van der Waals surface area contributed by atoms with Crippen LogP contribution in [-0.4, -0.2) is 66.5 Å². The second-order valence-corrected chi connectivity index (χ2v) is 11.6. The van der Waals surface area contributed by atoms with Gasteiger partial charge in [-0.2, -0.15) is 4.98 Å². The Bertz CT molecular complexity index is 1940. The number of carbonyl (C=O) groups is 2. The molecule has 2 aliphatic rings. The quantitative estimate of drug-likeness (QED) is 0.324. The lowest BCUT2D eigenvalue weighted by Crippen LogP contribution is -2.62. The number of nitrogens with one attached hydrogen (secondary N) is 1. The van der Waals surface area contributed by atoms with Crippen molar-refractivity contribution in [2.75, 3.05) is 23.3 Å². The molecule has 2 N–H and O–H groups in total. The zero-order valence-electron chi connectivity index (χ0n) is 24.4. The minimum Gasteiger partial charge on any atom is -0.507 e. The molecule has 0 radical (unpaired) electrons. The molecule has 5 heterocycles. The second kappa shape index (κ2) is 10.7. The van der Waals surface area contributed by atoms with Crippen molar-refractivity contribution in [3.8, 4) is 22.7 Å². The molecule has 0 saturated carbocycles. The second-order valence-electron chi connectivity index (χ2n) is 11.3. The van der Waals surface area contributed by atoms with Gasteiger partial charge in [-0.15, -0.1) is 0 Å². The zero-order valence-corrected chi connectivity index (χ0v) is 25.2. The maximum absolute atomic E-state index is 15.3. The SMILES string of the molecule is C=CC(=O)N1CC(C)N2c3nc(=O)n(-c4c(C)ccnc4C(C)C)c4nc(-c5c(O)cccc5F)c(Cl)c(c34)NC(=O)C2C1. The van der Waals surface area contributed by atoms with E-state index in [1.165, 1.54) is 27.7 Å². The molecule has 0 spiro atoms. The van der Waals surface area contributed by atoms with E-state index in [2.05, 4.69) is 21.9 Å². The number of phenols is 1. The Balaban J connectivity index is 1.76. The van der Waals surface area contributed by atoms with E-state index in [1.54, 1.807) is 17.2 Å². The Hall–Kier alpha value is -4.84. The smallest absolute Gasteiger partial charge is 0.355 e. The van der Waals surface area contributed by atoms with Gasteiger partial charge in [0.25, 0.3) is 0 Å². The molecule has 2 unspecified atom stereocenters. The number of rotatable bonds is 4. The number of piperazine rings is 1. The van der Waals surface area contributed by atoms with Crippen LogP contribution in [0.5, 0.6) is 5.75 Å². The highest BCUT2D eigenvalue weighted by Crippen LogP contribution is 2.46. The maximum atomic E-state index is 15.3. The third-order valence-corrected chi connectivity index (χ3v) is 8.44. The normalized spacial score (nSPS) is 17.8. The Labute approximate surface area is 256 Å². The molecule has 2 atom stereocenters. The minimum absolute atomic E-state index is 0.00745. The fourth-order valence-corrected chi connectivity index (χ4v) is 6.36. The number of hydrogen-bond donors (Lipinski definition) is 2. The number of phenolic OH excluding ortho intramolecular Hbond substituents is 1. The summed E-state index contributed by atoms with van der Waals surface area (Å²) in [4.78, 5) is 57.6. The van der Waals surface area contributed by atoms with E-state index in [1.807, 2.05) is 27.7 Å². The van der Waals surface area contributed by atoms with Crippen molar-refractivity contribution in [1.29, 1.82) is 0 Å². The van der Waals surface area contributed by atoms with Crippen LogP contribution >= 0.6 is 11.6 Å². The molecular formula is C31H29ClFN7O4. The number of aromatic nitrogens is 4. The Kier molecular flexibility index (Phi) is 7.11. The van der Waals surface area contributed by atoms with Crippen LogP contribution in [0.2, 0.25) is 5.02 Å². The summed E-state index contributed by atoms with van der Waals surface area (Å²) < 4.78 is 16.6. The van der Waals surface area contributed by atoms with Gasteiger partial charge >= 0.3 is 5.69 Å². The first-order chi connectivity index (χ1) is 20.9. The number of anilines is 2. The van der Waals surface area contributed by atoms with E-state index in [0.717, 1.165) is 6.07 Å². The molecular weight excluding hydrogens is 589 g/mol. The third-order valence-electron chi connectivity index (χ3n) is 8.07. The van der Waals surface area contributed by atoms with Crippen LogP contribution in [-0.2, 0) is 9.59 Å². The van der Waals surface area contributed by atoms with Crippen LogP contribution < -0.4 is 15.9 Å². The van der Waals surface area contributed by atoms with Gasteiger partial charge in [-0.3, -0.25) is 14.6 Å². The molecule has 13 heteroatoms. The first-order valence-electron chi connectivity index (χ1n) is 14.0. The van der Waals surface area contributed by atoms with Crippen LogP contribution in [0.4, 0.5) is 15.9 Å². The molecule has 2 aliphatic heterocycles. The zero-order chi connectivity index (χ0) is 31.6. The summed E-state index contributed by atoms with van der Waals surface area (Å²) in [6.45, 7) is 11.3. The number of carbonyl (C=O) groups excluding carboxylic acids is 2. The number of hydrogen-bond acceptors (Lipinski definition) is 8. The van der Waals surface area contributed by atoms with E-state index in [4.69, 9.17) is 16.6 Å². The van der Waals surface area contributed by atoms with Crippen molar-refractivity contribution >= 4 is 46.0 Å². The molecule has 226 valence electrons. The van der Waals surface area contributed by atoms with Crippen molar-refractivity contribution in [2.45, 2.75) is 45.7 Å². The summed E-state index contributed by atoms with van der Waals surface area (Å²) in [5, 5.41) is 13.7. The summed E-state index contributed by atoms with van der Waals surface area (Å²) in [7, 11) is 0. The number of halogens is 2. The van der Waals surface area contributed by atoms with E-state index in [0.29, 0.717) is 16.9 Å². The van der Waals surface area contributed by atoms with E-state index >= 15 is 4.39 Å². The van der Waals surface area contributed by atoms with E-state index in [-0.39, 0.29) is 63.7 Å². The van der Waals surface area contributed by atoms with Crippen molar-refractivity contribution < 1.29 is 19.1 Å². The van der Waals surface area contributed by atoms with Gasteiger partial charge in [-0.1, -0.05) is 38.1 Å². The fraction of sp³-hybridized carbons (Fsp3) is 0.290. The fourth-order valence-electron chi connectivity index (χ4n) is 6.08. The lowest BCUT2D eigenvalue weighted by Gasteiger charge is -2.44. The van der Waals surface area contributed by atoms with Crippen LogP contribution in [0.25, 0.3) is 28.0 Å². The van der Waals surface area contributed by atoms with Gasteiger partial charge < -0.3 is 20.2 Å². The molecule has 3 aromatic heterocycles. The van der Waals surface area contributed by atoms with Gasteiger partial charge in [0, 0.05) is 18.8 Å². The highest BCUT2D eigenvalue weighted by molar-refractivity contribution is 6.38. The number of aromatic hydroxyl groups is 1. The van der Waals surface area contributed by atoms with Crippen LogP contribution in [0.3, 0.4) is 0 Å². The van der Waals surface area contributed by atoms with Gasteiger partial charge in [-0.25, -0.2) is 18.7 Å². The summed E-state index contributed by atoms with van der Waals surface area (Å²) >= 11 is 6.92. The molecule has 2 amide bonds. The summed E-state index contributed by atoms with van der Waals surface area (Å²) in [6, 6.07) is 4.11. The van der Waals surface area contributed by atoms with Crippen molar-refractivity contribution in [1.82, 2.24) is 24.4 Å². The van der Waals surface area contributed by atoms with E-state index in [9.17, 15) is 19.5 Å². The van der Waals surface area contributed by atoms with Gasteiger partial charge in [0.1, 0.15) is 29.1 Å². The van der Waals surface area contributed by atoms with Crippen molar-refractivity contribution in [2.24, 2.45) is 0 Å². The highest BCUT2D eigenvalue weighted by atomic mass is 35.5. The van der Waals surface area contributed by atoms with Gasteiger partial charge in [0.15, 0.2) is 5.65 Å². The number of fused-ring (bicyclic) bond motifs is 2. The number of nitrogens with zero attached hydrogens (tertiary/aromatic N) is 6. The van der Waals surface area contributed by atoms with Crippen molar-refractivity contribution in [3.05, 3.63) is 75.7 Å². The minimum atomic E-state index is -0.950. The first kappa shape index (κ1) is 29.2. The molecule has 4 aromatic rings. The molecule has 1 fully saturated rings. The maximum Gasteiger partial charge on any atom is 0.355 e. The molecule has 44 heavy (non-hydrogen) atoms. The molecule has 0 bridgehead atoms. The predicted molar refractivity (Wildman–Crippen MR) is 165 cm³/mol. The first-order valence-corrected chi connectivity index (χ1v) is 14.4.